The number of allylic oxidation sites excluding steroid dienone is 2. The van der Waals surface area contributed by atoms with Crippen molar-refractivity contribution in [2.24, 2.45) is 22.5 Å². The van der Waals surface area contributed by atoms with Crippen molar-refractivity contribution >= 4 is 17.1 Å². The highest BCUT2D eigenvalue weighted by Crippen LogP contribution is 2.37. The van der Waals surface area contributed by atoms with Crippen LogP contribution < -0.4 is 16.6 Å². The average molecular weight is 391 g/mol. The second-order valence-corrected chi connectivity index (χ2v) is 7.11. The lowest BCUT2D eigenvalue weighted by molar-refractivity contribution is 0.605. The van der Waals surface area contributed by atoms with Crippen LogP contribution in [0, 0.1) is 11.7 Å². The maximum atomic E-state index is 14.0. The van der Waals surface area contributed by atoms with E-state index in [0.717, 1.165) is 24.1 Å². The molecule has 1 aliphatic carbocycles. The van der Waals surface area contributed by atoms with E-state index in [2.05, 4.69) is 23.1 Å². The average Bonchev–Trinajstić information content (AvgIpc) is 3.54. The molecule has 1 aromatic heterocycles. The number of hydrogen-bond donors (Lipinski definition) is 2. The Bertz CT molecular complexity index is 988. The molecule has 0 aliphatic heterocycles. The summed E-state index contributed by atoms with van der Waals surface area (Å²) in [6.07, 6.45) is 5.52. The Labute approximate surface area is 170 Å². The van der Waals surface area contributed by atoms with Gasteiger partial charge < -0.3 is 5.73 Å². The molecule has 0 unspecified atom stereocenters. The van der Waals surface area contributed by atoms with Gasteiger partial charge >= 0.3 is 0 Å². The summed E-state index contributed by atoms with van der Waals surface area (Å²) in [7, 11) is 0. The Kier molecular flexibility index (Phi) is 6.24. The summed E-state index contributed by atoms with van der Waals surface area (Å²) in [6.45, 7) is 10.3. The van der Waals surface area contributed by atoms with Gasteiger partial charge in [-0.05, 0) is 55.7 Å². The molecular formula is C23H26FN5. The number of anilines is 1. The zero-order valence-corrected chi connectivity index (χ0v) is 16.6. The molecule has 1 aliphatic rings. The summed E-state index contributed by atoms with van der Waals surface area (Å²) in [4.78, 5) is 8.98. The first kappa shape index (κ1) is 20.5. The number of nitrogens with two attached hydrogens (primary N) is 2. The molecule has 29 heavy (non-hydrogen) atoms. The van der Waals surface area contributed by atoms with Crippen LogP contribution in [0.1, 0.15) is 30.9 Å². The molecular weight excluding hydrogens is 365 g/mol. The molecule has 3 rings (SSSR count). The molecule has 150 valence electrons. The topological polar surface area (TPSA) is 80.5 Å². The minimum Gasteiger partial charge on any atom is -0.404 e. The van der Waals surface area contributed by atoms with E-state index in [1.165, 1.54) is 11.1 Å². The van der Waals surface area contributed by atoms with Gasteiger partial charge in [0.2, 0.25) is 0 Å². The highest BCUT2D eigenvalue weighted by atomic mass is 19.1. The molecule has 2 aromatic rings. The van der Waals surface area contributed by atoms with Crippen LogP contribution in [0.4, 0.5) is 10.2 Å². The number of rotatable bonds is 8. The first-order valence-electron chi connectivity index (χ1n) is 9.49. The Balaban J connectivity index is 1.83. The summed E-state index contributed by atoms with van der Waals surface area (Å²) < 4.78 is 14.0. The fourth-order valence-corrected chi connectivity index (χ4v) is 3.18. The summed E-state index contributed by atoms with van der Waals surface area (Å²) in [5.74, 6) is 6.87. The van der Waals surface area contributed by atoms with Gasteiger partial charge in [-0.3, -0.25) is 10.0 Å². The van der Waals surface area contributed by atoms with Crippen molar-refractivity contribution in [1.82, 2.24) is 4.98 Å². The van der Waals surface area contributed by atoms with Crippen molar-refractivity contribution < 1.29 is 4.39 Å². The van der Waals surface area contributed by atoms with Crippen LogP contribution in [-0.2, 0) is 6.54 Å². The third-order valence-electron chi connectivity index (χ3n) is 4.95. The van der Waals surface area contributed by atoms with Crippen molar-refractivity contribution in [2.45, 2.75) is 26.3 Å². The molecule has 1 fully saturated rings. The van der Waals surface area contributed by atoms with Gasteiger partial charge in [-0.1, -0.05) is 31.4 Å². The van der Waals surface area contributed by atoms with Crippen LogP contribution in [-0.4, -0.2) is 10.7 Å². The lowest BCUT2D eigenvalue weighted by atomic mass is 10.0. The fourth-order valence-electron chi connectivity index (χ4n) is 3.18. The monoisotopic (exact) mass is 391 g/mol. The molecule has 1 saturated carbocycles. The van der Waals surface area contributed by atoms with Gasteiger partial charge in [0.25, 0.3) is 0 Å². The van der Waals surface area contributed by atoms with Gasteiger partial charge in [-0.25, -0.2) is 15.2 Å². The molecule has 0 bridgehead atoms. The molecule has 0 amide bonds. The predicted molar refractivity (Wildman–Crippen MR) is 117 cm³/mol. The zero-order valence-electron chi connectivity index (χ0n) is 16.6. The van der Waals surface area contributed by atoms with E-state index < -0.39 is 0 Å². The summed E-state index contributed by atoms with van der Waals surface area (Å²) in [5, 5.41) is 1.40. The normalized spacial score (nSPS) is 14.6. The number of pyridine rings is 1. The summed E-state index contributed by atoms with van der Waals surface area (Å²) in [6, 6.07) is 10.2. The number of aromatic nitrogens is 1. The first-order valence-corrected chi connectivity index (χ1v) is 9.49. The molecule has 4 N–H and O–H groups in total. The van der Waals surface area contributed by atoms with Crippen molar-refractivity contribution in [2.75, 3.05) is 5.01 Å². The molecule has 0 radical (unpaired) electrons. The molecule has 5 nitrogen and oxygen atoms in total. The van der Waals surface area contributed by atoms with Gasteiger partial charge in [-0.15, -0.1) is 0 Å². The second kappa shape index (κ2) is 8.84. The smallest absolute Gasteiger partial charge is 0.150 e. The highest BCUT2D eigenvalue weighted by Gasteiger charge is 2.27. The van der Waals surface area contributed by atoms with Crippen molar-refractivity contribution in [3.05, 3.63) is 90.2 Å². The maximum Gasteiger partial charge on any atom is 0.150 e. The van der Waals surface area contributed by atoms with Crippen LogP contribution in [0.3, 0.4) is 0 Å². The molecule has 1 aromatic carbocycles. The second-order valence-electron chi connectivity index (χ2n) is 7.11. The van der Waals surface area contributed by atoms with Gasteiger partial charge in [0, 0.05) is 28.6 Å². The Hall–Kier alpha value is -3.25. The van der Waals surface area contributed by atoms with Crippen molar-refractivity contribution in [1.29, 1.82) is 0 Å². The first-order chi connectivity index (χ1) is 13.9. The molecule has 1 heterocycles. The van der Waals surface area contributed by atoms with Crippen LogP contribution in [0.2, 0.25) is 0 Å². The van der Waals surface area contributed by atoms with Crippen molar-refractivity contribution in [3.8, 4) is 0 Å². The SMILES string of the molecule is C=C(N=C(C)/C(=C\N)C1CC1)C(=C)c1cccnc1N(N)Cc1ccccc1F. The minimum atomic E-state index is -0.315. The van der Waals surface area contributed by atoms with Crippen LogP contribution >= 0.6 is 0 Å². The zero-order chi connectivity index (χ0) is 21.0. The van der Waals surface area contributed by atoms with E-state index in [1.54, 1.807) is 36.7 Å². The Morgan fingerprint density at radius 1 is 1.28 bits per heavy atom. The van der Waals surface area contributed by atoms with E-state index in [9.17, 15) is 4.39 Å². The number of hydrazine groups is 1. The number of halogens is 1. The summed E-state index contributed by atoms with van der Waals surface area (Å²) in [5.41, 5.74) is 9.93. The Morgan fingerprint density at radius 2 is 2.00 bits per heavy atom. The quantitative estimate of drug-likeness (QED) is 0.304. The van der Waals surface area contributed by atoms with E-state index >= 15 is 0 Å². The lowest BCUT2D eigenvalue weighted by Gasteiger charge is -2.22. The highest BCUT2D eigenvalue weighted by molar-refractivity contribution is 6.01. The van der Waals surface area contributed by atoms with Crippen LogP contribution in [0.15, 0.2) is 78.2 Å². The van der Waals surface area contributed by atoms with Crippen LogP contribution in [0.5, 0.6) is 0 Å². The van der Waals surface area contributed by atoms with Crippen molar-refractivity contribution in [3.63, 3.8) is 0 Å². The third-order valence-corrected chi connectivity index (χ3v) is 4.95. The Morgan fingerprint density at radius 3 is 2.66 bits per heavy atom. The molecule has 6 heteroatoms. The molecule has 0 saturated heterocycles. The summed E-state index contributed by atoms with van der Waals surface area (Å²) >= 11 is 0. The molecule has 0 atom stereocenters. The van der Waals surface area contributed by atoms with Crippen LogP contribution in [0.25, 0.3) is 5.57 Å². The number of hydrogen-bond acceptors (Lipinski definition) is 5. The standard InChI is InChI=1S/C23H26FN5/c1-15(16(2)28-17(3)21(13-25)18-10-11-18)20-8-6-12-27-23(20)29(26)14-19-7-4-5-9-22(19)24/h4-9,12-13,18H,1-2,10-11,14,25-26H2,3H3/b21-13+,28-17?. The number of nitrogens with zero attached hydrogens (tertiary/aromatic N) is 3. The van der Waals surface area contributed by atoms with E-state index in [-0.39, 0.29) is 12.4 Å². The fraction of sp³-hybridized carbons (Fsp3) is 0.217. The van der Waals surface area contributed by atoms with E-state index in [1.807, 2.05) is 13.0 Å². The maximum absolute atomic E-state index is 14.0. The van der Waals surface area contributed by atoms with Gasteiger partial charge in [0.1, 0.15) is 5.82 Å². The van der Waals surface area contributed by atoms with Gasteiger partial charge in [0.15, 0.2) is 5.82 Å². The van der Waals surface area contributed by atoms with Gasteiger partial charge in [-0.2, -0.15) is 0 Å². The van der Waals surface area contributed by atoms with E-state index in [4.69, 9.17) is 11.6 Å². The lowest BCUT2D eigenvalue weighted by Crippen LogP contribution is -2.32. The third kappa shape index (κ3) is 4.78. The predicted octanol–water partition coefficient (Wildman–Crippen LogP) is 4.34. The largest absolute Gasteiger partial charge is 0.404 e. The van der Waals surface area contributed by atoms with E-state index in [0.29, 0.717) is 34.1 Å². The number of benzene rings is 1. The number of aliphatic imine (C=N–C) groups is 1. The van der Waals surface area contributed by atoms with Gasteiger partial charge in [0.05, 0.1) is 12.2 Å². The minimum absolute atomic E-state index is 0.167. The molecule has 0 spiro atoms.